The Kier molecular flexibility index (Phi) is 5.66. The quantitative estimate of drug-likeness (QED) is 0.127. The van der Waals surface area contributed by atoms with Crippen LogP contribution in [0.4, 0.5) is 23.2 Å². The molecule has 37 heavy (non-hydrogen) atoms. The lowest BCUT2D eigenvalue weighted by Gasteiger charge is -2.21. The average Bonchev–Trinajstić information content (AvgIpc) is 3.62. The first-order valence-electron chi connectivity index (χ1n) is 12.3. The summed E-state index contributed by atoms with van der Waals surface area (Å²) in [6, 6.07) is 10.3. The van der Waals surface area contributed by atoms with E-state index >= 15 is 4.39 Å². The molecular weight excluding hydrogens is 488 g/mol. The van der Waals surface area contributed by atoms with Crippen LogP contribution in [0.5, 0.6) is 0 Å². The number of fused-ring (bicyclic) bond motifs is 2. The van der Waals surface area contributed by atoms with E-state index in [9.17, 15) is 23.1 Å². The molecule has 1 aliphatic carbocycles. The Labute approximate surface area is 209 Å². The molecule has 0 spiro atoms. The molecule has 4 aliphatic rings. The van der Waals surface area contributed by atoms with E-state index in [-0.39, 0.29) is 16.5 Å². The molecule has 2 saturated heterocycles. The van der Waals surface area contributed by atoms with Gasteiger partial charge in [-0.3, -0.25) is 0 Å². The van der Waals surface area contributed by atoms with Crippen molar-refractivity contribution in [2.45, 2.75) is 25.7 Å². The van der Waals surface area contributed by atoms with Crippen LogP contribution in [0.1, 0.15) is 36.0 Å². The molecular formula is C28H23F4N2O3+. The molecule has 0 radical (unpaired) electrons. The van der Waals surface area contributed by atoms with Crippen molar-refractivity contribution in [2.24, 2.45) is 0 Å². The Balaban J connectivity index is 1.74. The number of carboxylic acid groups (broad SMARTS) is 1. The first-order chi connectivity index (χ1) is 17.8. The van der Waals surface area contributed by atoms with Gasteiger partial charge in [-0.25, -0.2) is 26.9 Å². The van der Waals surface area contributed by atoms with Crippen molar-refractivity contribution in [3.63, 3.8) is 0 Å². The van der Waals surface area contributed by atoms with E-state index in [0.717, 1.165) is 62.9 Å². The predicted octanol–water partition coefficient (Wildman–Crippen LogP) is 5.63. The predicted molar refractivity (Wildman–Crippen MR) is 131 cm³/mol. The average molecular weight is 511 g/mol. The molecule has 3 heterocycles. The monoisotopic (exact) mass is 511 g/mol. The molecule has 0 aromatic heterocycles. The summed E-state index contributed by atoms with van der Waals surface area (Å²) in [5, 5.41) is 10.9. The van der Waals surface area contributed by atoms with Crippen molar-refractivity contribution in [3.05, 3.63) is 70.6 Å². The molecule has 2 fully saturated rings. The van der Waals surface area contributed by atoms with Crippen molar-refractivity contribution in [1.29, 1.82) is 0 Å². The number of carbonyl (C=O) groups is 1. The molecule has 6 rings (SSSR count). The first-order valence-corrected chi connectivity index (χ1v) is 12.3. The van der Waals surface area contributed by atoms with Crippen LogP contribution in [-0.4, -0.2) is 37.3 Å². The van der Waals surface area contributed by atoms with Crippen molar-refractivity contribution in [1.82, 2.24) is 4.58 Å². The Morgan fingerprint density at radius 1 is 0.838 bits per heavy atom. The maximum absolute atomic E-state index is 15.4. The third kappa shape index (κ3) is 3.75. The molecule has 3 aliphatic heterocycles. The van der Waals surface area contributed by atoms with Gasteiger partial charge in [0.15, 0.2) is 23.3 Å². The van der Waals surface area contributed by atoms with Gasteiger partial charge in [0, 0.05) is 65.8 Å². The second-order valence-corrected chi connectivity index (χ2v) is 9.54. The van der Waals surface area contributed by atoms with Crippen LogP contribution in [0.25, 0.3) is 33.4 Å². The van der Waals surface area contributed by atoms with Gasteiger partial charge in [0.2, 0.25) is 5.36 Å². The zero-order valence-electron chi connectivity index (χ0n) is 19.8. The smallest absolute Gasteiger partial charge is 0.339 e. The number of hydrogen-bond donors (Lipinski definition) is 1. The summed E-state index contributed by atoms with van der Waals surface area (Å²) < 4.78 is 67.2. The molecule has 0 bridgehead atoms. The number of carboxylic acids is 1. The number of benzene rings is 3. The van der Waals surface area contributed by atoms with Crippen molar-refractivity contribution in [3.8, 4) is 22.5 Å². The number of anilines is 1. The largest absolute Gasteiger partial charge is 0.478 e. The van der Waals surface area contributed by atoms with E-state index in [0.29, 0.717) is 11.3 Å². The normalized spacial score (nSPS) is 15.9. The molecule has 2 aromatic carbocycles. The van der Waals surface area contributed by atoms with Gasteiger partial charge in [0.05, 0.1) is 6.07 Å². The molecule has 0 atom stereocenters. The topological polar surface area (TPSA) is 56.7 Å². The number of aromatic carboxylic acids is 1. The van der Waals surface area contributed by atoms with Crippen LogP contribution in [-0.2, 0) is 0 Å². The fourth-order valence-corrected chi connectivity index (χ4v) is 5.55. The second kappa shape index (κ2) is 8.90. The SMILES string of the molecule is O=C(O)c1c(F)c(F)c(F)c(F)c1-c1c2ccc(=[N+]3CCCC3)cc-2oc2cc(N3CCCC3)ccc12. The lowest BCUT2D eigenvalue weighted by atomic mass is 9.89. The summed E-state index contributed by atoms with van der Waals surface area (Å²) in [6.45, 7) is 3.43. The molecule has 0 amide bonds. The fourth-order valence-electron chi connectivity index (χ4n) is 5.55. The third-order valence-electron chi connectivity index (χ3n) is 7.36. The Bertz CT molecular complexity index is 1610. The minimum atomic E-state index is -2.17. The van der Waals surface area contributed by atoms with Gasteiger partial charge in [-0.15, -0.1) is 0 Å². The minimum Gasteiger partial charge on any atom is -0.478 e. The maximum atomic E-state index is 15.4. The summed E-state index contributed by atoms with van der Waals surface area (Å²) in [5.74, 6) is -9.56. The minimum absolute atomic E-state index is 0.0649. The highest BCUT2D eigenvalue weighted by molar-refractivity contribution is 6.08. The molecule has 1 N–H and O–H groups in total. The molecule has 190 valence electrons. The highest BCUT2D eigenvalue weighted by Crippen LogP contribution is 2.44. The summed E-state index contributed by atoms with van der Waals surface area (Å²) in [4.78, 5) is 14.2. The number of nitrogens with zero attached hydrogens (tertiary/aromatic N) is 2. The van der Waals surface area contributed by atoms with Gasteiger partial charge >= 0.3 is 5.97 Å². The van der Waals surface area contributed by atoms with E-state index < -0.39 is 40.4 Å². The van der Waals surface area contributed by atoms with Gasteiger partial charge in [-0.1, -0.05) is 0 Å². The lowest BCUT2D eigenvalue weighted by molar-refractivity contribution is 0.0690. The van der Waals surface area contributed by atoms with Crippen LogP contribution in [0, 0.1) is 23.3 Å². The van der Waals surface area contributed by atoms with Crippen LogP contribution < -0.4 is 14.8 Å². The molecule has 9 heteroatoms. The highest BCUT2D eigenvalue weighted by Gasteiger charge is 2.33. The van der Waals surface area contributed by atoms with Gasteiger partial charge < -0.3 is 14.4 Å². The van der Waals surface area contributed by atoms with E-state index in [1.165, 1.54) is 0 Å². The van der Waals surface area contributed by atoms with Gasteiger partial charge in [-0.2, -0.15) is 0 Å². The van der Waals surface area contributed by atoms with Gasteiger partial charge in [0.1, 0.15) is 30.0 Å². The number of hydrogen-bond acceptors (Lipinski definition) is 3. The molecule has 5 nitrogen and oxygen atoms in total. The first kappa shape index (κ1) is 23.5. The molecule has 0 unspecified atom stereocenters. The zero-order chi connectivity index (χ0) is 25.8. The molecule has 2 aromatic rings. The standard InChI is InChI=1S/C28H22F4N2O3/c29-24-22(23(28(35)36)25(30)27(32)26(24)31)21-17-7-5-15(33-9-1-2-10-33)13-19(17)37-20-14-16(6-8-18(20)21)34-11-3-4-12-34/h5-8,13-14H,1-4,9-12H2/p+1. The van der Waals surface area contributed by atoms with Crippen molar-refractivity contribution < 1.29 is 31.9 Å². The van der Waals surface area contributed by atoms with E-state index in [1.807, 2.05) is 0 Å². The second-order valence-electron chi connectivity index (χ2n) is 9.54. The Morgan fingerprint density at radius 3 is 2.24 bits per heavy atom. The molecule has 0 saturated carbocycles. The van der Waals surface area contributed by atoms with Gasteiger partial charge in [0.25, 0.3) is 0 Å². The Hall–Kier alpha value is -3.88. The third-order valence-corrected chi connectivity index (χ3v) is 7.36. The summed E-state index contributed by atoms with van der Waals surface area (Å²) in [6.07, 6.45) is 4.16. The van der Waals surface area contributed by atoms with Gasteiger partial charge in [-0.05, 0) is 31.0 Å². The summed E-state index contributed by atoms with van der Waals surface area (Å²) >= 11 is 0. The van der Waals surface area contributed by atoms with E-state index in [1.54, 1.807) is 36.4 Å². The Morgan fingerprint density at radius 2 is 1.54 bits per heavy atom. The number of halogens is 4. The van der Waals surface area contributed by atoms with Crippen molar-refractivity contribution >= 4 is 22.6 Å². The van der Waals surface area contributed by atoms with Crippen LogP contribution in [0.15, 0.2) is 40.8 Å². The van der Waals surface area contributed by atoms with Crippen LogP contribution >= 0.6 is 0 Å². The zero-order valence-corrected chi connectivity index (χ0v) is 19.8. The van der Waals surface area contributed by atoms with E-state index in [2.05, 4.69) is 9.48 Å². The fraction of sp³-hybridized carbons (Fsp3) is 0.286. The highest BCUT2D eigenvalue weighted by atomic mass is 19.2. The van der Waals surface area contributed by atoms with E-state index in [4.69, 9.17) is 4.42 Å². The summed E-state index contributed by atoms with van der Waals surface area (Å²) in [7, 11) is 0. The lowest BCUT2D eigenvalue weighted by Crippen LogP contribution is -2.26. The van der Waals surface area contributed by atoms with Crippen LogP contribution in [0.2, 0.25) is 0 Å². The van der Waals surface area contributed by atoms with Crippen molar-refractivity contribution in [2.75, 3.05) is 31.1 Å². The summed E-state index contributed by atoms with van der Waals surface area (Å²) in [5.41, 5.74) is -0.757. The maximum Gasteiger partial charge on any atom is 0.339 e. The van der Waals surface area contributed by atoms with Crippen LogP contribution in [0.3, 0.4) is 0 Å². The number of rotatable bonds is 3.